The number of hydrogen-bond donors (Lipinski definition) is 0. The van der Waals surface area contributed by atoms with Crippen molar-refractivity contribution in [2.45, 2.75) is 51.1 Å². The summed E-state index contributed by atoms with van der Waals surface area (Å²) in [4.78, 5) is 12.0. The second-order valence-corrected chi connectivity index (χ2v) is 6.74. The lowest BCUT2D eigenvalue weighted by Crippen LogP contribution is -2.60. The number of carbonyl (C=O) groups excluding carboxylic acids is 1. The average Bonchev–Trinajstić information content (AvgIpc) is 2.10. The van der Waals surface area contributed by atoms with Gasteiger partial charge in [0, 0.05) is 0 Å². The molecule has 4 fully saturated rings. The molecular weight excluding hydrogens is 207 g/mol. The van der Waals surface area contributed by atoms with Crippen LogP contribution in [0.5, 0.6) is 0 Å². The van der Waals surface area contributed by atoms with E-state index in [1.807, 2.05) is 0 Å². The third kappa shape index (κ3) is 1.26. The van der Waals surface area contributed by atoms with E-state index in [-0.39, 0.29) is 11.4 Å². The molecule has 0 aliphatic heterocycles. The Hall–Kier alpha value is -0.600. The monoisotopic (exact) mass is 226 g/mol. The number of esters is 1. The Morgan fingerprint density at radius 3 is 2.56 bits per heavy atom. The van der Waals surface area contributed by atoms with Gasteiger partial charge in [0.05, 0.1) is 12.5 Å². The van der Waals surface area contributed by atoms with Crippen molar-refractivity contribution >= 4 is 5.97 Å². The molecule has 0 aromatic heterocycles. The predicted molar refractivity (Wildman–Crippen MR) is 57.6 cm³/mol. The fourth-order valence-corrected chi connectivity index (χ4v) is 5.24. The van der Waals surface area contributed by atoms with Crippen LogP contribution in [0.1, 0.15) is 45.4 Å². The summed E-state index contributed by atoms with van der Waals surface area (Å²) in [5.41, 5.74) is -1.57. The van der Waals surface area contributed by atoms with E-state index in [0.29, 0.717) is 25.2 Å². The van der Waals surface area contributed by atoms with Crippen LogP contribution < -0.4 is 0 Å². The lowest BCUT2D eigenvalue weighted by Gasteiger charge is -2.61. The number of hydrogen-bond acceptors (Lipinski definition) is 2. The molecule has 2 nitrogen and oxygen atoms in total. The van der Waals surface area contributed by atoms with Crippen LogP contribution in [-0.4, -0.2) is 18.7 Å². The van der Waals surface area contributed by atoms with Gasteiger partial charge in [-0.15, -0.1) is 0 Å². The van der Waals surface area contributed by atoms with E-state index in [9.17, 15) is 9.18 Å². The quantitative estimate of drug-likeness (QED) is 0.643. The molecular formula is C13H19FO2. The number of rotatable bonds is 1. The highest BCUT2D eigenvalue weighted by Crippen LogP contribution is 2.67. The molecule has 0 spiro atoms. The summed E-state index contributed by atoms with van der Waals surface area (Å²) in [5.74, 6) is 0.218. The lowest BCUT2D eigenvalue weighted by atomic mass is 9.43. The number of halogens is 1. The van der Waals surface area contributed by atoms with Crippen molar-refractivity contribution in [1.82, 2.24) is 0 Å². The van der Waals surface area contributed by atoms with E-state index in [4.69, 9.17) is 4.74 Å². The molecule has 0 radical (unpaired) electrons. The minimum atomic E-state index is -1.09. The molecule has 4 atom stereocenters. The van der Waals surface area contributed by atoms with Crippen LogP contribution in [-0.2, 0) is 9.53 Å². The van der Waals surface area contributed by atoms with E-state index in [0.717, 1.165) is 19.3 Å². The molecule has 0 saturated heterocycles. The first-order valence-electron chi connectivity index (χ1n) is 6.16. The first kappa shape index (κ1) is 10.5. The van der Waals surface area contributed by atoms with Gasteiger partial charge in [-0.2, -0.15) is 0 Å². The Kier molecular flexibility index (Phi) is 1.84. The molecule has 4 aliphatic rings. The molecule has 0 heterocycles. The van der Waals surface area contributed by atoms with E-state index in [1.165, 1.54) is 7.11 Å². The Morgan fingerprint density at radius 1 is 1.25 bits per heavy atom. The van der Waals surface area contributed by atoms with E-state index in [2.05, 4.69) is 6.92 Å². The van der Waals surface area contributed by atoms with Crippen molar-refractivity contribution in [1.29, 1.82) is 0 Å². The van der Waals surface area contributed by atoms with Crippen LogP contribution in [0.3, 0.4) is 0 Å². The predicted octanol–water partition coefficient (Wildman–Crippen LogP) is 2.86. The van der Waals surface area contributed by atoms with Crippen molar-refractivity contribution in [2.24, 2.45) is 16.7 Å². The summed E-state index contributed by atoms with van der Waals surface area (Å²) in [6.07, 6.45) is 4.49. The van der Waals surface area contributed by atoms with E-state index >= 15 is 0 Å². The van der Waals surface area contributed by atoms with Gasteiger partial charge in [0.2, 0.25) is 0 Å². The number of alkyl halides is 1. The number of ether oxygens (including phenoxy) is 1. The molecule has 4 rings (SSSR count). The molecule has 3 heteroatoms. The molecule has 0 amide bonds. The first-order chi connectivity index (χ1) is 7.39. The molecule has 4 saturated carbocycles. The van der Waals surface area contributed by atoms with Crippen LogP contribution in [0.2, 0.25) is 0 Å². The Labute approximate surface area is 95.5 Å². The topological polar surface area (TPSA) is 26.3 Å². The molecule has 0 aromatic carbocycles. The van der Waals surface area contributed by atoms with E-state index < -0.39 is 11.1 Å². The van der Waals surface area contributed by atoms with Gasteiger partial charge < -0.3 is 4.74 Å². The van der Waals surface area contributed by atoms with Gasteiger partial charge in [-0.05, 0) is 49.9 Å². The Balaban J connectivity index is 2.01. The van der Waals surface area contributed by atoms with Gasteiger partial charge in [0.15, 0.2) is 0 Å². The third-order valence-electron chi connectivity index (χ3n) is 4.90. The largest absolute Gasteiger partial charge is 0.469 e. The zero-order valence-electron chi connectivity index (χ0n) is 10.0. The first-order valence-corrected chi connectivity index (χ1v) is 6.16. The zero-order valence-corrected chi connectivity index (χ0v) is 10.0. The van der Waals surface area contributed by atoms with Crippen molar-refractivity contribution in [3.8, 4) is 0 Å². The molecule has 4 bridgehead atoms. The summed E-state index contributed by atoms with van der Waals surface area (Å²) in [6.45, 7) is 2.14. The smallest absolute Gasteiger partial charge is 0.311 e. The maximum Gasteiger partial charge on any atom is 0.311 e. The van der Waals surface area contributed by atoms with Crippen LogP contribution in [0.15, 0.2) is 0 Å². The van der Waals surface area contributed by atoms with Crippen molar-refractivity contribution < 1.29 is 13.9 Å². The second kappa shape index (κ2) is 2.80. The van der Waals surface area contributed by atoms with Gasteiger partial charge in [-0.1, -0.05) is 6.92 Å². The van der Waals surface area contributed by atoms with Gasteiger partial charge in [0.25, 0.3) is 0 Å². The normalized spacial score (nSPS) is 54.1. The fourth-order valence-electron chi connectivity index (χ4n) is 5.24. The lowest BCUT2D eigenvalue weighted by molar-refractivity contribution is -0.194. The minimum Gasteiger partial charge on any atom is -0.469 e. The summed E-state index contributed by atoms with van der Waals surface area (Å²) in [5, 5.41) is 0. The highest BCUT2D eigenvalue weighted by atomic mass is 19.1. The van der Waals surface area contributed by atoms with Gasteiger partial charge in [0.1, 0.15) is 5.67 Å². The average molecular weight is 226 g/mol. The number of carbonyl (C=O) groups is 1. The minimum absolute atomic E-state index is 0.0301. The summed E-state index contributed by atoms with van der Waals surface area (Å²) >= 11 is 0. The second-order valence-electron chi connectivity index (χ2n) is 6.74. The van der Waals surface area contributed by atoms with Gasteiger partial charge in [-0.25, -0.2) is 4.39 Å². The van der Waals surface area contributed by atoms with Crippen molar-refractivity contribution in [3.05, 3.63) is 0 Å². The Bertz CT molecular complexity index is 334. The van der Waals surface area contributed by atoms with Crippen LogP contribution >= 0.6 is 0 Å². The van der Waals surface area contributed by atoms with Crippen molar-refractivity contribution in [3.63, 3.8) is 0 Å². The van der Waals surface area contributed by atoms with Crippen LogP contribution in [0.4, 0.5) is 4.39 Å². The van der Waals surface area contributed by atoms with Gasteiger partial charge >= 0.3 is 5.97 Å². The molecule has 90 valence electrons. The molecule has 16 heavy (non-hydrogen) atoms. The SMILES string of the molecule is COC(=O)[C@]12C[C@H]3C[C@](C)(C[C@](F)(C3)C1)C2. The van der Waals surface area contributed by atoms with E-state index in [1.54, 1.807) is 0 Å². The zero-order chi connectivity index (χ0) is 11.6. The summed E-state index contributed by atoms with van der Waals surface area (Å²) < 4.78 is 19.6. The maximum atomic E-state index is 14.7. The Morgan fingerprint density at radius 2 is 2.00 bits per heavy atom. The van der Waals surface area contributed by atoms with Gasteiger partial charge in [-0.3, -0.25) is 4.79 Å². The summed E-state index contributed by atoms with van der Waals surface area (Å²) in [6, 6.07) is 0. The number of methoxy groups -OCH3 is 1. The third-order valence-corrected chi connectivity index (χ3v) is 4.90. The standard InChI is InChI=1S/C13H19FO2/c1-11-3-9-4-12(6-11,10(15)16-2)8-13(14,5-9)7-11/h9H,3-8H2,1-2H3/t9-,11+,12+,13-/m1/s1. The molecule has 0 unspecified atom stereocenters. The highest BCUT2D eigenvalue weighted by Gasteiger charge is 2.65. The van der Waals surface area contributed by atoms with Crippen LogP contribution in [0.25, 0.3) is 0 Å². The molecule has 4 aliphatic carbocycles. The van der Waals surface area contributed by atoms with Crippen molar-refractivity contribution in [2.75, 3.05) is 7.11 Å². The summed E-state index contributed by atoms with van der Waals surface area (Å²) in [7, 11) is 1.42. The molecule has 0 N–H and O–H groups in total. The maximum absolute atomic E-state index is 14.7. The van der Waals surface area contributed by atoms with Crippen LogP contribution in [0, 0.1) is 16.7 Å². The molecule has 0 aromatic rings. The highest BCUT2D eigenvalue weighted by molar-refractivity contribution is 5.77. The fraction of sp³-hybridized carbons (Fsp3) is 0.923.